The molecule has 0 spiro atoms. The minimum atomic E-state index is -3.54. The lowest BCUT2D eigenvalue weighted by Crippen LogP contribution is -2.40. The Morgan fingerprint density at radius 2 is 1.72 bits per heavy atom. The number of morpholine rings is 1. The van der Waals surface area contributed by atoms with Gasteiger partial charge in [0.15, 0.2) is 4.80 Å². The number of hydrogen-bond donors (Lipinski definition) is 0. The van der Waals surface area contributed by atoms with Gasteiger partial charge in [0.25, 0.3) is 0 Å². The summed E-state index contributed by atoms with van der Waals surface area (Å²) in [7, 11) is -0.230. The Hall–Kier alpha value is -2.66. The number of aromatic nitrogens is 1. The summed E-state index contributed by atoms with van der Waals surface area (Å²) in [5.74, 6) is 1.51. The highest BCUT2D eigenvalue weighted by Gasteiger charge is 2.26. The fraction of sp³-hybridized carbons (Fsp3) is 0.423. The lowest BCUT2D eigenvalue weighted by Gasteiger charge is -2.26. The number of sulfonamides is 1. The zero-order valence-corrected chi connectivity index (χ0v) is 22.8. The number of methoxy groups -OCH3 is 2. The van der Waals surface area contributed by atoms with Crippen molar-refractivity contribution in [2.75, 3.05) is 40.5 Å². The second-order valence-corrected chi connectivity index (χ2v) is 11.2. The molecule has 1 saturated heterocycles. The second kappa shape index (κ2) is 11.6. The van der Waals surface area contributed by atoms with E-state index in [-0.39, 0.29) is 10.9 Å². The SMILES string of the molecule is CCC(CC)n1c(-c2cc(OC)ccc2OC)csc1=Nc1ccc(S(=O)(=O)N2CCOCC2)cc1. The van der Waals surface area contributed by atoms with Crippen molar-refractivity contribution < 1.29 is 22.6 Å². The predicted octanol–water partition coefficient (Wildman–Crippen LogP) is 4.85. The minimum absolute atomic E-state index is 0.238. The van der Waals surface area contributed by atoms with Gasteiger partial charge >= 0.3 is 0 Å². The predicted molar refractivity (Wildman–Crippen MR) is 142 cm³/mol. The molecule has 10 heteroatoms. The molecule has 0 atom stereocenters. The van der Waals surface area contributed by atoms with Crippen LogP contribution in [0.4, 0.5) is 5.69 Å². The Morgan fingerprint density at radius 3 is 2.33 bits per heavy atom. The maximum Gasteiger partial charge on any atom is 0.243 e. The zero-order chi connectivity index (χ0) is 25.7. The van der Waals surface area contributed by atoms with Gasteiger partial charge in [-0.05, 0) is 55.3 Å². The Bertz CT molecular complexity index is 1340. The van der Waals surface area contributed by atoms with Crippen LogP contribution in [0.5, 0.6) is 11.5 Å². The molecule has 2 aromatic carbocycles. The molecule has 1 fully saturated rings. The summed E-state index contributed by atoms with van der Waals surface area (Å²) < 4.78 is 46.1. The molecule has 36 heavy (non-hydrogen) atoms. The molecule has 0 aliphatic carbocycles. The van der Waals surface area contributed by atoms with Crippen molar-refractivity contribution >= 4 is 27.0 Å². The van der Waals surface area contributed by atoms with Gasteiger partial charge in [-0.1, -0.05) is 13.8 Å². The summed E-state index contributed by atoms with van der Waals surface area (Å²) in [6.07, 6.45) is 1.88. The summed E-state index contributed by atoms with van der Waals surface area (Å²) in [5, 5.41) is 2.09. The molecular formula is C26H33N3O5S2. The van der Waals surface area contributed by atoms with Crippen LogP contribution in [0, 0.1) is 0 Å². The lowest BCUT2D eigenvalue weighted by atomic mass is 10.1. The Labute approximate surface area is 216 Å². The number of rotatable bonds is 9. The molecule has 0 bridgehead atoms. The van der Waals surface area contributed by atoms with Gasteiger partial charge in [-0.15, -0.1) is 11.3 Å². The quantitative estimate of drug-likeness (QED) is 0.394. The third kappa shape index (κ3) is 5.36. The average molecular weight is 532 g/mol. The van der Waals surface area contributed by atoms with Crippen LogP contribution in [0.2, 0.25) is 0 Å². The van der Waals surface area contributed by atoms with E-state index in [9.17, 15) is 8.42 Å². The van der Waals surface area contributed by atoms with Crippen molar-refractivity contribution in [3.8, 4) is 22.8 Å². The molecule has 1 aromatic heterocycles. The molecule has 2 heterocycles. The highest BCUT2D eigenvalue weighted by molar-refractivity contribution is 7.89. The topological polar surface area (TPSA) is 82.4 Å². The molecule has 1 aliphatic rings. The van der Waals surface area contributed by atoms with Gasteiger partial charge in [0.1, 0.15) is 11.5 Å². The average Bonchev–Trinajstić information content (AvgIpc) is 3.32. The largest absolute Gasteiger partial charge is 0.497 e. The second-order valence-electron chi connectivity index (χ2n) is 8.43. The normalized spacial score (nSPS) is 15.4. The Kier molecular flexibility index (Phi) is 8.50. The van der Waals surface area contributed by atoms with Crippen molar-refractivity contribution in [1.82, 2.24) is 8.87 Å². The molecule has 3 aromatic rings. The first-order valence-corrected chi connectivity index (χ1v) is 14.4. The van der Waals surface area contributed by atoms with Gasteiger partial charge in [-0.3, -0.25) is 0 Å². The van der Waals surface area contributed by atoms with E-state index in [1.807, 2.05) is 18.2 Å². The Morgan fingerprint density at radius 1 is 1.03 bits per heavy atom. The summed E-state index contributed by atoms with van der Waals surface area (Å²) in [6, 6.07) is 12.8. The summed E-state index contributed by atoms with van der Waals surface area (Å²) in [5.41, 5.74) is 2.64. The maximum atomic E-state index is 13.0. The van der Waals surface area contributed by atoms with Crippen molar-refractivity contribution in [3.05, 3.63) is 52.6 Å². The maximum absolute atomic E-state index is 13.0. The molecule has 4 rings (SSSR count). The van der Waals surface area contributed by atoms with Crippen molar-refractivity contribution in [2.45, 2.75) is 37.6 Å². The van der Waals surface area contributed by atoms with Gasteiger partial charge in [0, 0.05) is 30.1 Å². The van der Waals surface area contributed by atoms with Crippen molar-refractivity contribution in [3.63, 3.8) is 0 Å². The van der Waals surface area contributed by atoms with Crippen LogP contribution in [0.25, 0.3) is 11.3 Å². The van der Waals surface area contributed by atoms with Gasteiger partial charge in [-0.25, -0.2) is 13.4 Å². The smallest absolute Gasteiger partial charge is 0.243 e. The minimum Gasteiger partial charge on any atom is -0.497 e. The molecule has 0 unspecified atom stereocenters. The number of ether oxygens (including phenoxy) is 3. The first-order valence-electron chi connectivity index (χ1n) is 12.1. The summed E-state index contributed by atoms with van der Waals surface area (Å²) in [6.45, 7) is 5.91. The first kappa shape index (κ1) is 26.4. The molecule has 0 amide bonds. The highest BCUT2D eigenvalue weighted by atomic mass is 32.2. The van der Waals surface area contributed by atoms with Crippen molar-refractivity contribution in [2.24, 2.45) is 4.99 Å². The number of benzene rings is 2. The van der Waals surface area contributed by atoms with E-state index in [2.05, 4.69) is 23.8 Å². The molecule has 8 nitrogen and oxygen atoms in total. The molecule has 194 valence electrons. The number of nitrogens with zero attached hydrogens (tertiary/aromatic N) is 3. The summed E-state index contributed by atoms with van der Waals surface area (Å²) in [4.78, 5) is 6.03. The molecule has 0 N–H and O–H groups in total. The van der Waals surface area contributed by atoms with Crippen LogP contribution in [0.15, 0.2) is 57.7 Å². The van der Waals surface area contributed by atoms with E-state index < -0.39 is 10.0 Å². The Balaban J connectivity index is 1.76. The third-order valence-electron chi connectivity index (χ3n) is 6.40. The van der Waals surface area contributed by atoms with Gasteiger partial charge in [0.2, 0.25) is 10.0 Å². The molecule has 1 aliphatic heterocycles. The zero-order valence-electron chi connectivity index (χ0n) is 21.1. The van der Waals surface area contributed by atoms with Crippen LogP contribution < -0.4 is 14.3 Å². The summed E-state index contributed by atoms with van der Waals surface area (Å²) >= 11 is 1.55. The molecule has 0 radical (unpaired) electrons. The molecular weight excluding hydrogens is 498 g/mol. The van der Waals surface area contributed by atoms with E-state index in [1.165, 1.54) is 4.31 Å². The van der Waals surface area contributed by atoms with Crippen LogP contribution in [-0.4, -0.2) is 57.8 Å². The van der Waals surface area contributed by atoms with E-state index in [1.54, 1.807) is 49.8 Å². The third-order valence-corrected chi connectivity index (χ3v) is 9.15. The van der Waals surface area contributed by atoms with E-state index in [4.69, 9.17) is 19.2 Å². The standard InChI is InChI=1S/C26H33N3O5S2/c1-5-20(6-2)29-24(23-17-21(32-3)9-12-25(23)33-4)18-35-26(29)27-19-7-10-22(11-8-19)36(30,31)28-13-15-34-16-14-28/h7-12,17-18,20H,5-6,13-16H2,1-4H3. The van der Waals surface area contributed by atoms with Crippen LogP contribution in [0.1, 0.15) is 32.7 Å². The van der Waals surface area contributed by atoms with E-state index >= 15 is 0 Å². The van der Waals surface area contributed by atoms with Gasteiger partial charge in [-0.2, -0.15) is 4.31 Å². The monoisotopic (exact) mass is 531 g/mol. The van der Waals surface area contributed by atoms with E-state index in [0.29, 0.717) is 32.0 Å². The van der Waals surface area contributed by atoms with Crippen molar-refractivity contribution in [1.29, 1.82) is 0 Å². The van der Waals surface area contributed by atoms with Gasteiger partial charge < -0.3 is 18.8 Å². The fourth-order valence-electron chi connectivity index (χ4n) is 4.36. The van der Waals surface area contributed by atoms with Crippen LogP contribution >= 0.6 is 11.3 Å². The number of thiazole rings is 1. The highest BCUT2D eigenvalue weighted by Crippen LogP contribution is 2.36. The van der Waals surface area contributed by atoms with Crippen LogP contribution in [-0.2, 0) is 14.8 Å². The fourth-order valence-corrected chi connectivity index (χ4v) is 6.74. The first-order chi connectivity index (χ1) is 17.4. The number of hydrogen-bond acceptors (Lipinski definition) is 7. The molecule has 0 saturated carbocycles. The van der Waals surface area contributed by atoms with Crippen LogP contribution in [0.3, 0.4) is 0 Å². The van der Waals surface area contributed by atoms with E-state index in [0.717, 1.165) is 40.4 Å². The lowest BCUT2D eigenvalue weighted by molar-refractivity contribution is 0.0730. The van der Waals surface area contributed by atoms with Gasteiger partial charge in [0.05, 0.1) is 43.7 Å².